The van der Waals surface area contributed by atoms with E-state index in [1.54, 1.807) is 6.92 Å². The van der Waals surface area contributed by atoms with E-state index in [9.17, 15) is 4.79 Å². The van der Waals surface area contributed by atoms with E-state index in [-0.39, 0.29) is 11.7 Å². The van der Waals surface area contributed by atoms with Gasteiger partial charge in [-0.1, -0.05) is 35.0 Å². The van der Waals surface area contributed by atoms with Crippen molar-refractivity contribution in [1.29, 1.82) is 0 Å². The molecule has 0 fully saturated rings. The van der Waals surface area contributed by atoms with Gasteiger partial charge < -0.3 is 14.8 Å². The third kappa shape index (κ3) is 5.31. The first-order chi connectivity index (χ1) is 14.8. The summed E-state index contributed by atoms with van der Waals surface area (Å²) in [5, 5.41) is 12.7. The second kappa shape index (κ2) is 10.3. The van der Waals surface area contributed by atoms with Crippen LogP contribution in [0.3, 0.4) is 0 Å². The predicted molar refractivity (Wildman–Crippen MR) is 128 cm³/mol. The fourth-order valence-electron chi connectivity index (χ4n) is 3.04. The summed E-state index contributed by atoms with van der Waals surface area (Å²) in [7, 11) is 1.88. The lowest BCUT2D eigenvalue weighted by atomic mass is 10.2. The molecule has 0 aliphatic rings. The normalized spacial score (nSPS) is 10.9. The Morgan fingerprint density at radius 3 is 2.48 bits per heavy atom. The predicted octanol–water partition coefficient (Wildman–Crippen LogP) is 5.07. The van der Waals surface area contributed by atoms with Crippen molar-refractivity contribution in [3.63, 3.8) is 0 Å². The Morgan fingerprint density at radius 2 is 1.84 bits per heavy atom. The van der Waals surface area contributed by atoms with Crippen molar-refractivity contribution in [2.24, 2.45) is 7.05 Å². The molecule has 1 aromatic carbocycles. The van der Waals surface area contributed by atoms with Gasteiger partial charge in [-0.2, -0.15) is 0 Å². The summed E-state index contributed by atoms with van der Waals surface area (Å²) in [6.07, 6.45) is 1.46. The molecule has 10 heteroatoms. The van der Waals surface area contributed by atoms with Crippen molar-refractivity contribution >= 4 is 52.4 Å². The molecule has 164 valence electrons. The summed E-state index contributed by atoms with van der Waals surface area (Å²) in [4.78, 5) is 18.7. The maximum absolute atomic E-state index is 12.4. The summed E-state index contributed by atoms with van der Waals surface area (Å²) in [6, 6.07) is 8.24. The summed E-state index contributed by atoms with van der Waals surface area (Å²) in [6.45, 7) is 7.96. The summed E-state index contributed by atoms with van der Waals surface area (Å²) in [5.74, 6) is 0.939. The van der Waals surface area contributed by atoms with E-state index in [2.05, 4.69) is 51.4 Å². The van der Waals surface area contributed by atoms with E-state index in [4.69, 9.17) is 23.2 Å². The number of carbonyl (C=O) groups excluding carboxylic acids is 1. The molecule has 1 amide bonds. The second-order valence-electron chi connectivity index (χ2n) is 6.81. The smallest absolute Gasteiger partial charge is 0.236 e. The topological polar surface area (TPSA) is 75.9 Å². The number of aromatic nitrogens is 4. The zero-order valence-corrected chi connectivity index (χ0v) is 20.1. The number of hydrogen-bond acceptors (Lipinski definition) is 6. The monoisotopic (exact) mass is 478 g/mol. The molecule has 2 aromatic heterocycles. The van der Waals surface area contributed by atoms with Gasteiger partial charge in [-0.15, -0.1) is 10.2 Å². The molecule has 0 saturated heterocycles. The van der Waals surface area contributed by atoms with Crippen LogP contribution in [0.15, 0.2) is 35.6 Å². The Kier molecular flexibility index (Phi) is 7.80. The van der Waals surface area contributed by atoms with Crippen molar-refractivity contribution in [2.45, 2.75) is 25.9 Å². The van der Waals surface area contributed by atoms with Gasteiger partial charge in [0.1, 0.15) is 0 Å². The van der Waals surface area contributed by atoms with Gasteiger partial charge in [-0.25, -0.2) is 4.98 Å². The Morgan fingerprint density at radius 1 is 1.16 bits per heavy atom. The summed E-state index contributed by atoms with van der Waals surface area (Å²) in [5.41, 5.74) is 2.81. The molecule has 3 aromatic rings. The van der Waals surface area contributed by atoms with E-state index in [1.807, 2.05) is 23.7 Å². The van der Waals surface area contributed by atoms with Gasteiger partial charge in [0.2, 0.25) is 5.91 Å². The van der Waals surface area contributed by atoms with Crippen molar-refractivity contribution in [2.75, 3.05) is 29.1 Å². The first-order valence-corrected chi connectivity index (χ1v) is 11.6. The number of hydrogen-bond donors (Lipinski definition) is 1. The molecule has 1 N–H and O–H groups in total. The van der Waals surface area contributed by atoms with Crippen LogP contribution < -0.4 is 10.2 Å². The number of amides is 1. The molecule has 0 radical (unpaired) electrons. The van der Waals surface area contributed by atoms with Crippen LogP contribution in [0.2, 0.25) is 10.0 Å². The molecule has 0 bridgehead atoms. The maximum atomic E-state index is 12.4. The van der Waals surface area contributed by atoms with Crippen LogP contribution in [-0.4, -0.2) is 44.5 Å². The summed E-state index contributed by atoms with van der Waals surface area (Å²) < 4.78 is 1.88. The average molecular weight is 479 g/mol. The molecule has 0 aliphatic heterocycles. The van der Waals surface area contributed by atoms with Gasteiger partial charge >= 0.3 is 0 Å². The number of pyridine rings is 1. The second-order valence-corrected chi connectivity index (χ2v) is 8.54. The lowest BCUT2D eigenvalue weighted by Gasteiger charge is -2.21. The van der Waals surface area contributed by atoms with Gasteiger partial charge in [0.25, 0.3) is 0 Å². The molecule has 0 unspecified atom stereocenters. The van der Waals surface area contributed by atoms with Crippen LogP contribution in [0, 0.1) is 6.92 Å². The van der Waals surface area contributed by atoms with E-state index in [1.165, 1.54) is 23.6 Å². The molecule has 0 atom stereocenters. The van der Waals surface area contributed by atoms with Crippen LogP contribution in [-0.2, 0) is 11.8 Å². The number of rotatable bonds is 8. The van der Waals surface area contributed by atoms with Crippen molar-refractivity contribution in [3.8, 4) is 11.4 Å². The fourth-order valence-corrected chi connectivity index (χ4v) is 4.15. The molecule has 7 nitrogen and oxygen atoms in total. The summed E-state index contributed by atoms with van der Waals surface area (Å²) >= 11 is 13.5. The molecule has 2 heterocycles. The van der Waals surface area contributed by atoms with E-state index < -0.39 is 0 Å². The number of nitrogens with one attached hydrogen (secondary N) is 1. The minimum Gasteiger partial charge on any atom is -0.372 e. The third-order valence-electron chi connectivity index (χ3n) is 4.88. The van der Waals surface area contributed by atoms with Gasteiger partial charge in [0, 0.05) is 37.6 Å². The molecule has 0 spiro atoms. The first-order valence-electron chi connectivity index (χ1n) is 9.83. The fraction of sp³-hybridized carbons (Fsp3) is 0.333. The Labute approximate surface area is 196 Å². The SMILES string of the molecule is CCN(CC)c1ccc(-c2nnc(SCC(=O)Nc3ncc(Cl)c(C)c3Cl)n2C)cc1. The Bertz CT molecular complexity index is 1070. The van der Waals surface area contributed by atoms with Gasteiger partial charge in [-0.05, 0) is 50.6 Å². The van der Waals surface area contributed by atoms with Crippen molar-refractivity contribution < 1.29 is 4.79 Å². The highest BCUT2D eigenvalue weighted by Crippen LogP contribution is 2.29. The lowest BCUT2D eigenvalue weighted by Crippen LogP contribution is -2.21. The highest BCUT2D eigenvalue weighted by Gasteiger charge is 2.15. The minimum absolute atomic E-state index is 0.145. The zero-order valence-electron chi connectivity index (χ0n) is 17.8. The highest BCUT2D eigenvalue weighted by molar-refractivity contribution is 7.99. The number of carbonyl (C=O) groups is 1. The van der Waals surface area contributed by atoms with Gasteiger partial charge in [0.05, 0.1) is 15.8 Å². The van der Waals surface area contributed by atoms with E-state index >= 15 is 0 Å². The first kappa shape index (κ1) is 23.4. The van der Waals surface area contributed by atoms with Gasteiger partial charge in [-0.3, -0.25) is 4.79 Å². The van der Waals surface area contributed by atoms with Crippen LogP contribution in [0.25, 0.3) is 11.4 Å². The van der Waals surface area contributed by atoms with Crippen LogP contribution >= 0.6 is 35.0 Å². The average Bonchev–Trinajstić information content (AvgIpc) is 3.14. The molecule has 3 rings (SSSR count). The number of anilines is 2. The van der Waals surface area contributed by atoms with Crippen LogP contribution in [0.4, 0.5) is 11.5 Å². The Hall–Kier alpha value is -2.29. The lowest BCUT2D eigenvalue weighted by molar-refractivity contribution is -0.113. The number of halogens is 2. The molecule has 31 heavy (non-hydrogen) atoms. The van der Waals surface area contributed by atoms with Crippen molar-refractivity contribution in [3.05, 3.63) is 46.1 Å². The van der Waals surface area contributed by atoms with E-state index in [0.717, 1.165) is 24.5 Å². The minimum atomic E-state index is -0.241. The number of thioether (sulfide) groups is 1. The molecule has 0 aliphatic carbocycles. The van der Waals surface area contributed by atoms with Crippen molar-refractivity contribution in [1.82, 2.24) is 19.7 Å². The van der Waals surface area contributed by atoms with Crippen LogP contribution in [0.1, 0.15) is 19.4 Å². The molecular weight excluding hydrogens is 455 g/mol. The zero-order chi connectivity index (χ0) is 22.5. The van der Waals surface area contributed by atoms with E-state index in [0.29, 0.717) is 26.6 Å². The standard InChI is InChI=1S/C21H24Cl2N6OS/c1-5-29(6-2)15-9-7-14(8-10-15)20-26-27-21(28(20)4)31-12-17(30)25-19-18(23)13(3)16(22)11-24-19/h7-11H,5-6,12H2,1-4H3,(H,24,25,30). The number of benzene rings is 1. The number of nitrogens with zero attached hydrogens (tertiary/aromatic N) is 5. The largest absolute Gasteiger partial charge is 0.372 e. The quantitative estimate of drug-likeness (QED) is 0.455. The Balaban J connectivity index is 1.65. The highest BCUT2D eigenvalue weighted by atomic mass is 35.5. The molecule has 0 saturated carbocycles. The maximum Gasteiger partial charge on any atom is 0.236 e. The third-order valence-corrected chi connectivity index (χ3v) is 6.75. The van der Waals surface area contributed by atoms with Gasteiger partial charge in [0.15, 0.2) is 16.8 Å². The van der Waals surface area contributed by atoms with Crippen LogP contribution in [0.5, 0.6) is 0 Å². The molecular formula is C21H24Cl2N6OS.